The summed E-state index contributed by atoms with van der Waals surface area (Å²) in [4.78, 5) is 29.3. The van der Waals surface area contributed by atoms with E-state index in [1.807, 2.05) is 23.9 Å². The van der Waals surface area contributed by atoms with Gasteiger partial charge in [-0.05, 0) is 36.4 Å². The highest BCUT2D eigenvalue weighted by Crippen LogP contribution is 2.31. The molecule has 36 heavy (non-hydrogen) atoms. The number of amides is 1. The van der Waals surface area contributed by atoms with Gasteiger partial charge in [0.1, 0.15) is 17.2 Å². The molecule has 0 aliphatic carbocycles. The SMILES string of the molecule is Cn1ccc2c(Oc3ccc(NC(=O)c4nn(-c5ccc(Cl)c(F)c5)ccc4=O)cc3F)ccnc21. The molecule has 0 bridgehead atoms. The molecule has 0 atom stereocenters. The number of aryl methyl sites for hydroxylation is 1. The van der Waals surface area contributed by atoms with Crippen molar-refractivity contribution in [2.45, 2.75) is 0 Å². The Labute approximate surface area is 207 Å². The van der Waals surface area contributed by atoms with Gasteiger partial charge < -0.3 is 14.6 Å². The molecule has 0 unspecified atom stereocenters. The lowest BCUT2D eigenvalue weighted by atomic mass is 10.2. The topological polar surface area (TPSA) is 91.0 Å². The number of aromatic nitrogens is 4. The van der Waals surface area contributed by atoms with E-state index in [0.29, 0.717) is 16.8 Å². The van der Waals surface area contributed by atoms with Crippen LogP contribution in [0.4, 0.5) is 14.5 Å². The Morgan fingerprint density at radius 2 is 1.83 bits per heavy atom. The number of hydrogen-bond acceptors (Lipinski definition) is 5. The number of fused-ring (bicyclic) bond motifs is 1. The molecule has 5 aromatic rings. The van der Waals surface area contributed by atoms with Crippen LogP contribution in [0.1, 0.15) is 10.5 Å². The minimum absolute atomic E-state index is 0.0608. The standard InChI is InChI=1S/C25H16ClF2N5O3/c1-32-10-7-16-21(6-9-29-24(16)32)36-22-5-2-14(12-19(22)28)30-25(35)23-20(34)8-11-33(31-23)15-3-4-17(26)18(27)13-15/h2-13H,1H3,(H,30,35). The number of anilines is 1. The summed E-state index contributed by atoms with van der Waals surface area (Å²) in [6.45, 7) is 0. The van der Waals surface area contributed by atoms with E-state index in [4.69, 9.17) is 16.3 Å². The molecule has 1 N–H and O–H groups in total. The molecule has 5 rings (SSSR count). The van der Waals surface area contributed by atoms with Crippen molar-refractivity contribution in [2.24, 2.45) is 7.05 Å². The fourth-order valence-electron chi connectivity index (χ4n) is 3.54. The van der Waals surface area contributed by atoms with Gasteiger partial charge in [0.05, 0.1) is 16.1 Å². The lowest BCUT2D eigenvalue weighted by Gasteiger charge is -2.11. The first-order chi connectivity index (χ1) is 17.3. The van der Waals surface area contributed by atoms with Crippen molar-refractivity contribution in [1.29, 1.82) is 0 Å². The molecule has 3 aromatic heterocycles. The molecule has 8 nitrogen and oxygen atoms in total. The highest BCUT2D eigenvalue weighted by molar-refractivity contribution is 6.30. The third-order valence-electron chi connectivity index (χ3n) is 5.33. The Morgan fingerprint density at radius 3 is 2.61 bits per heavy atom. The van der Waals surface area contributed by atoms with Gasteiger partial charge in [-0.3, -0.25) is 9.59 Å². The fraction of sp³-hybridized carbons (Fsp3) is 0.0400. The van der Waals surface area contributed by atoms with Crippen molar-refractivity contribution in [2.75, 3.05) is 5.32 Å². The maximum absolute atomic E-state index is 14.8. The largest absolute Gasteiger partial charge is 0.453 e. The molecule has 0 spiro atoms. The predicted octanol–water partition coefficient (Wildman–Crippen LogP) is 5.10. The van der Waals surface area contributed by atoms with E-state index < -0.39 is 28.7 Å². The maximum Gasteiger partial charge on any atom is 0.280 e. The first-order valence-electron chi connectivity index (χ1n) is 10.5. The van der Waals surface area contributed by atoms with Gasteiger partial charge in [-0.2, -0.15) is 5.10 Å². The number of carbonyl (C=O) groups excluding carboxylic acids is 1. The molecular weight excluding hydrogens is 492 g/mol. The molecule has 0 radical (unpaired) electrons. The van der Waals surface area contributed by atoms with Gasteiger partial charge >= 0.3 is 0 Å². The summed E-state index contributed by atoms with van der Waals surface area (Å²) in [6, 6.07) is 12.3. The predicted molar refractivity (Wildman–Crippen MR) is 130 cm³/mol. The van der Waals surface area contributed by atoms with E-state index in [0.717, 1.165) is 22.9 Å². The van der Waals surface area contributed by atoms with E-state index in [1.54, 1.807) is 12.3 Å². The molecular formula is C25H16ClF2N5O3. The van der Waals surface area contributed by atoms with Crippen molar-refractivity contribution in [3.05, 3.63) is 106 Å². The van der Waals surface area contributed by atoms with Gasteiger partial charge in [-0.1, -0.05) is 11.6 Å². The normalized spacial score (nSPS) is 11.0. The Bertz CT molecular complexity index is 1700. The summed E-state index contributed by atoms with van der Waals surface area (Å²) < 4.78 is 37.3. The second-order valence-electron chi connectivity index (χ2n) is 7.75. The smallest absolute Gasteiger partial charge is 0.280 e. The number of rotatable bonds is 5. The zero-order valence-corrected chi connectivity index (χ0v) is 19.3. The second-order valence-corrected chi connectivity index (χ2v) is 8.15. The number of pyridine rings is 1. The number of halogens is 3. The van der Waals surface area contributed by atoms with Crippen LogP contribution in [0.3, 0.4) is 0 Å². The van der Waals surface area contributed by atoms with Gasteiger partial charge in [0.2, 0.25) is 5.43 Å². The van der Waals surface area contributed by atoms with Crippen molar-refractivity contribution in [1.82, 2.24) is 19.3 Å². The average Bonchev–Trinajstić information content (AvgIpc) is 3.24. The monoisotopic (exact) mass is 507 g/mol. The van der Waals surface area contributed by atoms with Gasteiger partial charge in [0.15, 0.2) is 17.3 Å². The van der Waals surface area contributed by atoms with Gasteiger partial charge in [-0.15, -0.1) is 0 Å². The third kappa shape index (κ3) is 4.41. The average molecular weight is 508 g/mol. The van der Waals surface area contributed by atoms with Gasteiger partial charge in [-0.25, -0.2) is 18.4 Å². The highest BCUT2D eigenvalue weighted by Gasteiger charge is 2.16. The minimum atomic E-state index is -0.864. The van der Waals surface area contributed by atoms with Crippen LogP contribution in [0.2, 0.25) is 5.02 Å². The first-order valence-corrected chi connectivity index (χ1v) is 10.9. The van der Waals surface area contributed by atoms with Crippen LogP contribution in [0.5, 0.6) is 11.5 Å². The van der Waals surface area contributed by atoms with Crippen molar-refractivity contribution in [3.8, 4) is 17.2 Å². The molecule has 0 aliphatic rings. The minimum Gasteiger partial charge on any atom is -0.453 e. The number of benzene rings is 2. The quantitative estimate of drug-likeness (QED) is 0.357. The molecule has 1 amide bonds. The van der Waals surface area contributed by atoms with Crippen molar-refractivity contribution in [3.63, 3.8) is 0 Å². The van der Waals surface area contributed by atoms with E-state index in [-0.39, 0.29) is 22.1 Å². The van der Waals surface area contributed by atoms with Crippen molar-refractivity contribution < 1.29 is 18.3 Å². The number of nitrogens with zero attached hydrogens (tertiary/aromatic N) is 4. The van der Waals surface area contributed by atoms with Gasteiger partial charge in [0.25, 0.3) is 5.91 Å². The summed E-state index contributed by atoms with van der Waals surface area (Å²) in [7, 11) is 1.83. The Hall–Kier alpha value is -4.57. The number of carbonyl (C=O) groups is 1. The van der Waals surface area contributed by atoms with Crippen LogP contribution in [-0.4, -0.2) is 25.2 Å². The molecule has 0 saturated carbocycles. The summed E-state index contributed by atoms with van der Waals surface area (Å²) in [6.07, 6.45) is 4.66. The molecule has 0 aliphatic heterocycles. The zero-order chi connectivity index (χ0) is 25.4. The maximum atomic E-state index is 14.8. The Balaban J connectivity index is 1.37. The molecule has 180 valence electrons. The van der Waals surface area contributed by atoms with Crippen LogP contribution in [0, 0.1) is 11.6 Å². The van der Waals surface area contributed by atoms with Crippen LogP contribution in [-0.2, 0) is 7.05 Å². The Kier molecular flexibility index (Phi) is 5.95. The zero-order valence-electron chi connectivity index (χ0n) is 18.6. The number of nitrogens with one attached hydrogen (secondary N) is 1. The fourth-order valence-corrected chi connectivity index (χ4v) is 3.65. The number of ether oxygens (including phenoxy) is 1. The summed E-state index contributed by atoms with van der Waals surface area (Å²) in [5.74, 6) is -1.92. The summed E-state index contributed by atoms with van der Waals surface area (Å²) in [5, 5.41) is 7.07. The lowest BCUT2D eigenvalue weighted by Crippen LogP contribution is -2.25. The molecule has 3 heterocycles. The van der Waals surface area contributed by atoms with Crippen LogP contribution < -0.4 is 15.5 Å². The van der Waals surface area contributed by atoms with E-state index in [2.05, 4.69) is 15.4 Å². The lowest BCUT2D eigenvalue weighted by molar-refractivity contribution is 0.101. The molecule has 0 fully saturated rings. The number of hydrogen-bond donors (Lipinski definition) is 1. The van der Waals surface area contributed by atoms with Gasteiger partial charge in [0, 0.05) is 49.5 Å². The van der Waals surface area contributed by atoms with E-state index in [9.17, 15) is 18.4 Å². The summed E-state index contributed by atoms with van der Waals surface area (Å²) in [5.41, 5.74) is -0.111. The van der Waals surface area contributed by atoms with Crippen LogP contribution >= 0.6 is 11.6 Å². The van der Waals surface area contributed by atoms with E-state index in [1.165, 1.54) is 30.5 Å². The highest BCUT2D eigenvalue weighted by atomic mass is 35.5. The third-order valence-corrected chi connectivity index (χ3v) is 5.64. The molecule has 0 saturated heterocycles. The first kappa shape index (κ1) is 23.2. The van der Waals surface area contributed by atoms with E-state index >= 15 is 0 Å². The van der Waals surface area contributed by atoms with Crippen LogP contribution in [0.25, 0.3) is 16.7 Å². The molecule has 11 heteroatoms. The molecule has 2 aromatic carbocycles. The summed E-state index contributed by atoms with van der Waals surface area (Å²) >= 11 is 5.70. The van der Waals surface area contributed by atoms with Crippen molar-refractivity contribution >= 4 is 34.2 Å². The van der Waals surface area contributed by atoms with Crippen LogP contribution in [0.15, 0.2) is 78.0 Å². The second kappa shape index (κ2) is 9.23. The Morgan fingerprint density at radius 1 is 1.00 bits per heavy atom.